The Morgan fingerprint density at radius 1 is 1.22 bits per heavy atom. The van der Waals surface area contributed by atoms with Crippen molar-refractivity contribution in [2.24, 2.45) is 5.73 Å². The summed E-state index contributed by atoms with van der Waals surface area (Å²) in [7, 11) is 0. The quantitative estimate of drug-likeness (QED) is 0.849. The summed E-state index contributed by atoms with van der Waals surface area (Å²) in [5.74, 6) is -1.18. The van der Waals surface area contributed by atoms with Crippen LogP contribution in [0.5, 0.6) is 5.75 Å². The third-order valence-electron chi connectivity index (χ3n) is 2.95. The first-order valence-electron chi connectivity index (χ1n) is 6.69. The molecule has 2 aromatic rings. The van der Waals surface area contributed by atoms with E-state index in [1.807, 2.05) is 0 Å². The molecule has 0 fully saturated rings. The van der Waals surface area contributed by atoms with Gasteiger partial charge in [0.2, 0.25) is 5.91 Å². The Morgan fingerprint density at radius 2 is 2.00 bits per heavy atom. The fourth-order valence-electron chi connectivity index (χ4n) is 1.82. The number of ether oxygens (including phenoxy) is 1. The zero-order valence-electron chi connectivity index (χ0n) is 12.0. The van der Waals surface area contributed by atoms with Crippen LogP contribution in [-0.4, -0.2) is 18.4 Å². The van der Waals surface area contributed by atoms with Crippen LogP contribution < -0.4 is 15.8 Å². The van der Waals surface area contributed by atoms with E-state index in [4.69, 9.17) is 22.1 Å². The first-order valence-corrected chi connectivity index (χ1v) is 7.07. The summed E-state index contributed by atoms with van der Waals surface area (Å²) in [5, 5.41) is 2.72. The summed E-state index contributed by atoms with van der Waals surface area (Å²) in [5.41, 5.74) is 6.29. The molecular weight excluding hydrogens is 323 g/mol. The average Bonchev–Trinajstić information content (AvgIpc) is 2.52. The highest BCUT2D eigenvalue weighted by atomic mass is 35.5. The molecule has 0 saturated heterocycles. The van der Waals surface area contributed by atoms with Gasteiger partial charge in [-0.25, -0.2) is 4.39 Å². The molecule has 0 radical (unpaired) electrons. The normalized spacial score (nSPS) is 10.2. The van der Waals surface area contributed by atoms with E-state index in [0.717, 1.165) is 11.6 Å². The smallest absolute Gasteiger partial charge is 0.258 e. The Labute approximate surface area is 137 Å². The SMILES string of the molecule is NC(=O)c1cccc(CNC(=O)COc2ccc(F)cc2Cl)c1. The van der Waals surface area contributed by atoms with E-state index in [2.05, 4.69) is 5.32 Å². The Kier molecular flexibility index (Phi) is 5.54. The van der Waals surface area contributed by atoms with E-state index in [-0.39, 0.29) is 29.8 Å². The molecule has 0 saturated carbocycles. The summed E-state index contributed by atoms with van der Waals surface area (Å²) >= 11 is 5.79. The fourth-order valence-corrected chi connectivity index (χ4v) is 2.04. The molecular formula is C16H14ClFN2O3. The number of carbonyl (C=O) groups excluding carboxylic acids is 2. The average molecular weight is 337 g/mol. The van der Waals surface area contributed by atoms with Gasteiger partial charge in [-0.3, -0.25) is 9.59 Å². The molecule has 0 heterocycles. The minimum atomic E-state index is -0.535. The molecule has 120 valence electrons. The molecule has 0 unspecified atom stereocenters. The summed E-state index contributed by atoms with van der Waals surface area (Å²) in [4.78, 5) is 22.8. The second kappa shape index (κ2) is 7.60. The second-order valence-corrected chi connectivity index (χ2v) is 5.11. The number of rotatable bonds is 6. The largest absolute Gasteiger partial charge is 0.482 e. The van der Waals surface area contributed by atoms with E-state index in [1.165, 1.54) is 12.1 Å². The Morgan fingerprint density at radius 3 is 2.70 bits per heavy atom. The molecule has 0 aromatic heterocycles. The molecule has 2 rings (SSSR count). The first kappa shape index (κ1) is 16.8. The summed E-state index contributed by atoms with van der Waals surface area (Å²) in [6.07, 6.45) is 0. The van der Waals surface area contributed by atoms with E-state index >= 15 is 0 Å². The lowest BCUT2D eigenvalue weighted by molar-refractivity contribution is -0.123. The van der Waals surface area contributed by atoms with Crippen LogP contribution in [0.1, 0.15) is 15.9 Å². The minimum absolute atomic E-state index is 0.0898. The number of primary amides is 1. The van der Waals surface area contributed by atoms with E-state index < -0.39 is 11.7 Å². The lowest BCUT2D eigenvalue weighted by Gasteiger charge is -2.09. The number of benzene rings is 2. The summed E-state index contributed by atoms with van der Waals surface area (Å²) in [6, 6.07) is 10.3. The van der Waals surface area contributed by atoms with Gasteiger partial charge < -0.3 is 15.8 Å². The maximum atomic E-state index is 12.9. The van der Waals surface area contributed by atoms with Crippen molar-refractivity contribution in [1.82, 2.24) is 5.32 Å². The van der Waals surface area contributed by atoms with Crippen LogP contribution in [0.3, 0.4) is 0 Å². The zero-order chi connectivity index (χ0) is 16.8. The molecule has 0 aliphatic rings. The first-order chi connectivity index (χ1) is 11.0. The number of hydrogen-bond acceptors (Lipinski definition) is 3. The van der Waals surface area contributed by atoms with Crippen molar-refractivity contribution >= 4 is 23.4 Å². The predicted molar refractivity (Wildman–Crippen MR) is 83.7 cm³/mol. The lowest BCUT2D eigenvalue weighted by Crippen LogP contribution is -2.28. The molecule has 2 aromatic carbocycles. The molecule has 3 N–H and O–H groups in total. The van der Waals surface area contributed by atoms with Crippen molar-refractivity contribution in [2.45, 2.75) is 6.54 Å². The van der Waals surface area contributed by atoms with Crippen LogP contribution >= 0.6 is 11.6 Å². The van der Waals surface area contributed by atoms with Gasteiger partial charge in [0.05, 0.1) is 5.02 Å². The molecule has 2 amide bonds. The highest BCUT2D eigenvalue weighted by molar-refractivity contribution is 6.32. The Hall–Kier alpha value is -2.60. The minimum Gasteiger partial charge on any atom is -0.482 e. The second-order valence-electron chi connectivity index (χ2n) is 4.70. The van der Waals surface area contributed by atoms with E-state index in [0.29, 0.717) is 5.56 Å². The van der Waals surface area contributed by atoms with Gasteiger partial charge in [0.25, 0.3) is 5.91 Å². The third-order valence-corrected chi connectivity index (χ3v) is 3.25. The van der Waals surface area contributed by atoms with Crippen LogP contribution in [0.2, 0.25) is 5.02 Å². The molecule has 0 spiro atoms. The molecule has 7 heteroatoms. The number of nitrogens with one attached hydrogen (secondary N) is 1. The highest BCUT2D eigenvalue weighted by Crippen LogP contribution is 2.24. The topological polar surface area (TPSA) is 81.4 Å². The van der Waals surface area contributed by atoms with Crippen molar-refractivity contribution in [1.29, 1.82) is 0 Å². The van der Waals surface area contributed by atoms with Gasteiger partial charge >= 0.3 is 0 Å². The molecule has 0 atom stereocenters. The maximum Gasteiger partial charge on any atom is 0.258 e. The Bertz CT molecular complexity index is 737. The van der Waals surface area contributed by atoms with E-state index in [9.17, 15) is 14.0 Å². The predicted octanol–water partition coefficient (Wildman–Crippen LogP) is 2.27. The molecule has 23 heavy (non-hydrogen) atoms. The molecule has 0 aliphatic carbocycles. The zero-order valence-corrected chi connectivity index (χ0v) is 12.8. The van der Waals surface area contributed by atoms with Gasteiger partial charge in [-0.15, -0.1) is 0 Å². The monoisotopic (exact) mass is 336 g/mol. The summed E-state index contributed by atoms with van der Waals surface area (Å²) < 4.78 is 18.1. The maximum absolute atomic E-state index is 12.9. The van der Waals surface area contributed by atoms with Crippen molar-refractivity contribution in [3.05, 3.63) is 64.4 Å². The van der Waals surface area contributed by atoms with Gasteiger partial charge in [0.15, 0.2) is 6.61 Å². The number of nitrogens with two attached hydrogens (primary N) is 1. The lowest BCUT2D eigenvalue weighted by atomic mass is 10.1. The van der Waals surface area contributed by atoms with Gasteiger partial charge in [0.1, 0.15) is 11.6 Å². The third kappa shape index (κ3) is 4.96. The molecule has 5 nitrogen and oxygen atoms in total. The van der Waals surface area contributed by atoms with Crippen LogP contribution in [0.4, 0.5) is 4.39 Å². The molecule has 0 aliphatic heterocycles. The fraction of sp³-hybridized carbons (Fsp3) is 0.125. The standard InChI is InChI=1S/C16H14ClFN2O3/c17-13-7-12(18)4-5-14(13)23-9-15(21)20-8-10-2-1-3-11(6-10)16(19)22/h1-7H,8-9H2,(H2,19,22)(H,20,21). The van der Waals surface area contributed by atoms with Crippen LogP contribution in [0, 0.1) is 5.82 Å². The highest BCUT2D eigenvalue weighted by Gasteiger charge is 2.07. The van der Waals surface area contributed by atoms with Crippen molar-refractivity contribution in [2.75, 3.05) is 6.61 Å². The number of carbonyl (C=O) groups is 2. The number of amides is 2. The van der Waals surface area contributed by atoms with Crippen LogP contribution in [-0.2, 0) is 11.3 Å². The van der Waals surface area contributed by atoms with Crippen molar-refractivity contribution in [3.63, 3.8) is 0 Å². The van der Waals surface area contributed by atoms with Crippen LogP contribution in [0.25, 0.3) is 0 Å². The molecule has 0 bridgehead atoms. The van der Waals surface area contributed by atoms with E-state index in [1.54, 1.807) is 24.3 Å². The summed E-state index contributed by atoms with van der Waals surface area (Å²) in [6.45, 7) is -0.0404. The number of hydrogen-bond donors (Lipinski definition) is 2. The Balaban J connectivity index is 1.85. The van der Waals surface area contributed by atoms with Crippen LogP contribution in [0.15, 0.2) is 42.5 Å². The number of halogens is 2. The van der Waals surface area contributed by atoms with Crippen molar-refractivity contribution in [3.8, 4) is 5.75 Å². The van der Waals surface area contributed by atoms with Gasteiger partial charge in [-0.1, -0.05) is 23.7 Å². The van der Waals surface area contributed by atoms with Crippen molar-refractivity contribution < 1.29 is 18.7 Å². The van der Waals surface area contributed by atoms with Gasteiger partial charge in [-0.2, -0.15) is 0 Å². The van der Waals surface area contributed by atoms with Gasteiger partial charge in [-0.05, 0) is 35.9 Å². The van der Waals surface area contributed by atoms with Gasteiger partial charge in [0, 0.05) is 12.1 Å².